The molecule has 0 radical (unpaired) electrons. The van der Waals surface area contributed by atoms with Gasteiger partial charge < -0.3 is 19.1 Å². The third-order valence-corrected chi connectivity index (χ3v) is 5.49. The minimum absolute atomic E-state index is 0.0607. The lowest BCUT2D eigenvalue weighted by atomic mass is 9.97. The fourth-order valence-electron chi connectivity index (χ4n) is 3.67. The van der Waals surface area contributed by atoms with Crippen molar-refractivity contribution in [1.82, 2.24) is 9.91 Å². The van der Waals surface area contributed by atoms with Crippen LogP contribution in [0.1, 0.15) is 36.9 Å². The maximum Gasteiger partial charge on any atom is 0.262 e. The third kappa shape index (κ3) is 4.85. The summed E-state index contributed by atoms with van der Waals surface area (Å²) in [6.07, 6.45) is 0.824. The van der Waals surface area contributed by atoms with Crippen LogP contribution in [0, 0.1) is 0 Å². The number of carbonyl (C=O) groups is 2. The summed E-state index contributed by atoms with van der Waals surface area (Å²) < 4.78 is 16.2. The lowest BCUT2D eigenvalue weighted by molar-refractivity contribution is -0.140. The van der Waals surface area contributed by atoms with Gasteiger partial charge in [0.15, 0.2) is 0 Å². The maximum absolute atomic E-state index is 13.2. The van der Waals surface area contributed by atoms with Crippen molar-refractivity contribution in [1.29, 1.82) is 0 Å². The minimum Gasteiger partial charge on any atom is -0.497 e. The van der Waals surface area contributed by atoms with Gasteiger partial charge in [-0.3, -0.25) is 9.59 Å². The monoisotopic (exact) mass is 439 g/mol. The van der Waals surface area contributed by atoms with Crippen molar-refractivity contribution >= 4 is 17.5 Å². The average Bonchev–Trinajstić information content (AvgIpc) is 3.28. The van der Waals surface area contributed by atoms with Crippen LogP contribution < -0.4 is 14.2 Å². The zero-order chi connectivity index (χ0) is 23.3. The molecule has 0 saturated carbocycles. The van der Waals surface area contributed by atoms with Gasteiger partial charge in [-0.15, -0.1) is 0 Å². The summed E-state index contributed by atoms with van der Waals surface area (Å²) in [6, 6.07) is 12.6. The largest absolute Gasteiger partial charge is 0.497 e. The smallest absolute Gasteiger partial charge is 0.262 e. The number of ether oxygens (including phenoxy) is 3. The summed E-state index contributed by atoms with van der Waals surface area (Å²) in [7, 11) is 6.41. The van der Waals surface area contributed by atoms with E-state index in [0.29, 0.717) is 24.3 Å². The highest BCUT2D eigenvalue weighted by Crippen LogP contribution is 2.39. The number of likely N-dealkylation sites (N-methyl/N-ethyl adjacent to an activating group) is 1. The lowest BCUT2D eigenvalue weighted by Gasteiger charge is -2.26. The van der Waals surface area contributed by atoms with Crippen molar-refractivity contribution in [3.05, 3.63) is 53.6 Å². The van der Waals surface area contributed by atoms with Crippen LogP contribution in [0.25, 0.3) is 0 Å². The van der Waals surface area contributed by atoms with Crippen LogP contribution in [0.3, 0.4) is 0 Å². The molecule has 2 aromatic carbocycles. The van der Waals surface area contributed by atoms with E-state index in [-0.39, 0.29) is 18.4 Å². The molecule has 0 saturated heterocycles. The van der Waals surface area contributed by atoms with E-state index in [1.807, 2.05) is 42.5 Å². The summed E-state index contributed by atoms with van der Waals surface area (Å²) in [6.45, 7) is 1.71. The van der Waals surface area contributed by atoms with Crippen LogP contribution in [0.4, 0.5) is 0 Å². The van der Waals surface area contributed by atoms with E-state index in [9.17, 15) is 9.59 Å². The van der Waals surface area contributed by atoms with E-state index in [4.69, 9.17) is 14.2 Å². The molecule has 0 unspecified atom stereocenters. The molecular formula is C24H29N3O5. The predicted molar refractivity (Wildman–Crippen MR) is 121 cm³/mol. The molecule has 0 aliphatic carbocycles. The van der Waals surface area contributed by atoms with Gasteiger partial charge in [-0.1, -0.05) is 6.92 Å². The summed E-state index contributed by atoms with van der Waals surface area (Å²) >= 11 is 0. The Bertz CT molecular complexity index is 1000. The van der Waals surface area contributed by atoms with Gasteiger partial charge in [0.1, 0.15) is 23.8 Å². The molecule has 1 heterocycles. The molecule has 1 atom stereocenters. The molecule has 0 fully saturated rings. The van der Waals surface area contributed by atoms with Crippen LogP contribution in [0.2, 0.25) is 0 Å². The number of hydrazone groups is 1. The van der Waals surface area contributed by atoms with E-state index < -0.39 is 6.04 Å². The van der Waals surface area contributed by atoms with Gasteiger partial charge in [0, 0.05) is 25.5 Å². The Kier molecular flexibility index (Phi) is 7.35. The standard InChI is InChI=1S/C24H29N3O5/c1-6-23(28)26(2)15-24(29)27-21(19-13-18(31-4)11-12-22(19)32-5)14-20(25-27)16-7-9-17(30-3)10-8-16/h7-13,21H,6,14-15H2,1-5H3/t21-/m1/s1. The Morgan fingerprint density at radius 3 is 2.28 bits per heavy atom. The average molecular weight is 440 g/mol. The first-order chi connectivity index (χ1) is 15.4. The van der Waals surface area contributed by atoms with Crippen molar-refractivity contribution < 1.29 is 23.8 Å². The number of hydrogen-bond donors (Lipinski definition) is 0. The molecule has 1 aliphatic heterocycles. The van der Waals surface area contributed by atoms with E-state index in [1.165, 1.54) is 9.91 Å². The Labute approximate surface area is 188 Å². The molecule has 0 aromatic heterocycles. The molecule has 8 nitrogen and oxygen atoms in total. The van der Waals surface area contributed by atoms with Crippen molar-refractivity contribution in [2.24, 2.45) is 5.10 Å². The zero-order valence-electron chi connectivity index (χ0n) is 19.1. The summed E-state index contributed by atoms with van der Waals surface area (Å²) in [5.74, 6) is 1.66. The van der Waals surface area contributed by atoms with Gasteiger partial charge >= 0.3 is 0 Å². The van der Waals surface area contributed by atoms with Crippen molar-refractivity contribution in [3.8, 4) is 17.2 Å². The first-order valence-electron chi connectivity index (χ1n) is 10.4. The Morgan fingerprint density at radius 2 is 1.69 bits per heavy atom. The predicted octanol–water partition coefficient (Wildman–Crippen LogP) is 3.26. The minimum atomic E-state index is -0.394. The fraction of sp³-hybridized carbons (Fsp3) is 0.375. The van der Waals surface area contributed by atoms with Gasteiger partial charge in [-0.2, -0.15) is 5.10 Å². The van der Waals surface area contributed by atoms with Gasteiger partial charge in [-0.05, 0) is 48.0 Å². The molecule has 0 bridgehead atoms. The molecule has 8 heteroatoms. The zero-order valence-corrected chi connectivity index (χ0v) is 19.1. The van der Waals surface area contributed by atoms with Gasteiger partial charge in [0.25, 0.3) is 5.91 Å². The van der Waals surface area contributed by atoms with Gasteiger partial charge in [0.2, 0.25) is 5.91 Å². The third-order valence-electron chi connectivity index (χ3n) is 5.49. The van der Waals surface area contributed by atoms with Crippen LogP contribution in [0.15, 0.2) is 47.6 Å². The first-order valence-corrected chi connectivity index (χ1v) is 10.4. The van der Waals surface area contributed by atoms with Crippen LogP contribution >= 0.6 is 0 Å². The number of rotatable bonds is 8. The van der Waals surface area contributed by atoms with Crippen molar-refractivity contribution in [2.45, 2.75) is 25.8 Å². The molecule has 2 aromatic rings. The molecule has 2 amide bonds. The Morgan fingerprint density at radius 1 is 1.03 bits per heavy atom. The summed E-state index contributed by atoms with van der Waals surface area (Å²) in [5, 5.41) is 6.12. The molecule has 0 spiro atoms. The number of carbonyl (C=O) groups excluding carboxylic acids is 2. The molecule has 170 valence electrons. The number of hydrogen-bond acceptors (Lipinski definition) is 6. The molecule has 3 rings (SSSR count). The van der Waals surface area contributed by atoms with Crippen LogP contribution in [-0.2, 0) is 9.59 Å². The van der Waals surface area contributed by atoms with Gasteiger partial charge in [-0.25, -0.2) is 5.01 Å². The fourth-order valence-corrected chi connectivity index (χ4v) is 3.67. The van der Waals surface area contributed by atoms with E-state index in [1.54, 1.807) is 35.3 Å². The normalized spacial score (nSPS) is 15.2. The quantitative estimate of drug-likeness (QED) is 0.631. The highest BCUT2D eigenvalue weighted by atomic mass is 16.5. The topological polar surface area (TPSA) is 80.7 Å². The molecule has 32 heavy (non-hydrogen) atoms. The lowest BCUT2D eigenvalue weighted by Crippen LogP contribution is -2.39. The van der Waals surface area contributed by atoms with E-state index in [0.717, 1.165) is 22.6 Å². The summed E-state index contributed by atoms with van der Waals surface area (Å²) in [4.78, 5) is 26.7. The van der Waals surface area contributed by atoms with Crippen molar-refractivity contribution in [2.75, 3.05) is 34.9 Å². The molecule has 0 N–H and O–H groups in total. The first kappa shape index (κ1) is 23.1. The number of benzene rings is 2. The maximum atomic E-state index is 13.2. The van der Waals surface area contributed by atoms with E-state index >= 15 is 0 Å². The number of amides is 2. The summed E-state index contributed by atoms with van der Waals surface area (Å²) in [5.41, 5.74) is 2.45. The van der Waals surface area contributed by atoms with Crippen LogP contribution in [-0.4, -0.2) is 62.4 Å². The van der Waals surface area contributed by atoms with Gasteiger partial charge in [0.05, 0.1) is 33.1 Å². The van der Waals surface area contributed by atoms with E-state index in [2.05, 4.69) is 5.10 Å². The second-order valence-electron chi connectivity index (χ2n) is 7.44. The highest BCUT2D eigenvalue weighted by Gasteiger charge is 2.35. The van der Waals surface area contributed by atoms with Crippen LogP contribution in [0.5, 0.6) is 17.2 Å². The Hall–Kier alpha value is -3.55. The second kappa shape index (κ2) is 10.2. The Balaban J connectivity index is 1.99. The molecule has 1 aliphatic rings. The SMILES string of the molecule is CCC(=O)N(C)CC(=O)N1N=C(c2ccc(OC)cc2)C[C@@H]1c1cc(OC)ccc1OC. The number of methoxy groups -OCH3 is 3. The molecular weight excluding hydrogens is 410 g/mol. The van der Waals surface area contributed by atoms with Crippen molar-refractivity contribution in [3.63, 3.8) is 0 Å². The number of nitrogens with zero attached hydrogens (tertiary/aromatic N) is 3. The highest BCUT2D eigenvalue weighted by molar-refractivity contribution is 6.03. The second-order valence-corrected chi connectivity index (χ2v) is 7.44.